The zero-order valence-corrected chi connectivity index (χ0v) is 9.55. The van der Waals surface area contributed by atoms with E-state index in [4.69, 9.17) is 23.2 Å². The molecule has 0 N–H and O–H groups in total. The maximum absolute atomic E-state index is 5.80. The zero-order chi connectivity index (χ0) is 10.8. The fourth-order valence-corrected chi connectivity index (χ4v) is 1.45. The van der Waals surface area contributed by atoms with Gasteiger partial charge in [-0.15, -0.1) is 10.2 Å². The lowest BCUT2D eigenvalue weighted by Crippen LogP contribution is -1.90. The molecule has 0 aliphatic carbocycles. The van der Waals surface area contributed by atoms with Crippen molar-refractivity contribution in [2.75, 3.05) is 0 Å². The number of nitrogens with zero attached hydrogens (tertiary/aromatic N) is 2. The van der Waals surface area contributed by atoms with E-state index in [1.807, 2.05) is 37.3 Å². The van der Waals surface area contributed by atoms with Crippen LogP contribution >= 0.6 is 23.2 Å². The van der Waals surface area contributed by atoms with Crippen molar-refractivity contribution < 1.29 is 0 Å². The van der Waals surface area contributed by atoms with Crippen LogP contribution in [0.2, 0.25) is 10.2 Å². The summed E-state index contributed by atoms with van der Waals surface area (Å²) in [5.74, 6) is 0. The van der Waals surface area contributed by atoms with E-state index in [-0.39, 0.29) is 0 Å². The molecule has 4 heteroatoms. The molecule has 0 saturated carbocycles. The van der Waals surface area contributed by atoms with Crippen LogP contribution in [-0.4, -0.2) is 10.2 Å². The second-order valence-electron chi connectivity index (χ2n) is 3.21. The van der Waals surface area contributed by atoms with Gasteiger partial charge in [-0.25, -0.2) is 0 Å². The summed E-state index contributed by atoms with van der Waals surface area (Å²) in [6.45, 7) is 1.90. The first-order chi connectivity index (χ1) is 7.16. The highest BCUT2D eigenvalue weighted by molar-refractivity contribution is 6.30. The molecular weight excluding hydrogens is 231 g/mol. The Morgan fingerprint density at radius 3 is 2.27 bits per heavy atom. The van der Waals surface area contributed by atoms with Gasteiger partial charge in [0.25, 0.3) is 0 Å². The minimum atomic E-state index is 0.438. The first-order valence-corrected chi connectivity index (χ1v) is 5.18. The van der Waals surface area contributed by atoms with E-state index >= 15 is 0 Å². The molecule has 0 saturated heterocycles. The Morgan fingerprint density at radius 1 is 1.00 bits per heavy atom. The van der Waals surface area contributed by atoms with Crippen LogP contribution in [-0.2, 0) is 0 Å². The predicted molar refractivity (Wildman–Crippen MR) is 62.2 cm³/mol. The molecule has 2 rings (SSSR count). The van der Waals surface area contributed by atoms with Crippen molar-refractivity contribution in [2.24, 2.45) is 0 Å². The highest BCUT2D eigenvalue weighted by atomic mass is 35.5. The summed E-state index contributed by atoms with van der Waals surface area (Å²) in [6, 6.07) is 9.35. The monoisotopic (exact) mass is 238 g/mol. The Balaban J connectivity index is 2.45. The van der Waals surface area contributed by atoms with Crippen molar-refractivity contribution in [1.82, 2.24) is 10.2 Å². The summed E-state index contributed by atoms with van der Waals surface area (Å²) >= 11 is 11.6. The molecule has 0 aliphatic heterocycles. The average molecular weight is 239 g/mol. The first-order valence-electron chi connectivity index (χ1n) is 4.42. The van der Waals surface area contributed by atoms with Crippen molar-refractivity contribution >= 4 is 23.2 Å². The molecule has 2 nitrogen and oxygen atoms in total. The molecule has 1 aromatic heterocycles. The summed E-state index contributed by atoms with van der Waals surface area (Å²) in [5, 5.41) is 9.02. The fourth-order valence-electron chi connectivity index (χ4n) is 1.23. The molecule has 0 radical (unpaired) electrons. The molecular formula is C11H8Cl2N2. The minimum absolute atomic E-state index is 0.438. The van der Waals surface area contributed by atoms with E-state index in [2.05, 4.69) is 10.2 Å². The molecule has 0 unspecified atom stereocenters. The number of halogens is 2. The lowest BCUT2D eigenvalue weighted by Gasteiger charge is -2.02. The molecule has 0 amide bonds. The van der Waals surface area contributed by atoms with Gasteiger partial charge >= 0.3 is 0 Å². The van der Waals surface area contributed by atoms with Gasteiger partial charge in [0, 0.05) is 10.6 Å². The van der Waals surface area contributed by atoms with Gasteiger partial charge in [-0.3, -0.25) is 0 Å². The van der Waals surface area contributed by atoms with Crippen LogP contribution in [0, 0.1) is 6.92 Å². The molecule has 0 spiro atoms. The fraction of sp³-hybridized carbons (Fsp3) is 0.0909. The van der Waals surface area contributed by atoms with Crippen LogP contribution in [0.25, 0.3) is 11.3 Å². The molecule has 0 fully saturated rings. The maximum atomic E-state index is 5.80. The molecule has 15 heavy (non-hydrogen) atoms. The second kappa shape index (κ2) is 4.17. The van der Waals surface area contributed by atoms with Crippen LogP contribution in [0.5, 0.6) is 0 Å². The Morgan fingerprint density at radius 2 is 1.67 bits per heavy atom. The standard InChI is InChI=1S/C11H8Cl2N2/c1-7-6-10(14-15-11(7)13)8-2-4-9(12)5-3-8/h2-6H,1H3. The average Bonchev–Trinajstić information content (AvgIpc) is 2.23. The molecule has 1 heterocycles. The Kier molecular flexibility index (Phi) is 2.89. The van der Waals surface area contributed by atoms with Gasteiger partial charge in [0.05, 0.1) is 5.69 Å². The summed E-state index contributed by atoms with van der Waals surface area (Å²) in [5.41, 5.74) is 2.69. The summed E-state index contributed by atoms with van der Waals surface area (Å²) < 4.78 is 0. The lowest BCUT2D eigenvalue weighted by molar-refractivity contribution is 1.02. The zero-order valence-electron chi connectivity index (χ0n) is 8.04. The van der Waals surface area contributed by atoms with E-state index in [0.29, 0.717) is 10.2 Å². The van der Waals surface area contributed by atoms with Crippen molar-refractivity contribution in [3.63, 3.8) is 0 Å². The summed E-state index contributed by atoms with van der Waals surface area (Å²) in [7, 11) is 0. The Bertz CT molecular complexity index is 480. The van der Waals surface area contributed by atoms with Crippen LogP contribution in [0.4, 0.5) is 0 Å². The first kappa shape index (κ1) is 10.4. The van der Waals surface area contributed by atoms with E-state index < -0.39 is 0 Å². The van der Waals surface area contributed by atoms with Gasteiger partial charge in [-0.1, -0.05) is 35.3 Å². The number of aryl methyl sites for hydroxylation is 1. The van der Waals surface area contributed by atoms with Gasteiger partial charge in [0.2, 0.25) is 0 Å². The number of rotatable bonds is 1. The third kappa shape index (κ3) is 2.28. The van der Waals surface area contributed by atoms with Gasteiger partial charge < -0.3 is 0 Å². The van der Waals surface area contributed by atoms with E-state index in [0.717, 1.165) is 16.8 Å². The smallest absolute Gasteiger partial charge is 0.149 e. The van der Waals surface area contributed by atoms with Crippen molar-refractivity contribution in [3.05, 3.63) is 46.1 Å². The molecule has 1 aromatic carbocycles. The molecule has 0 atom stereocenters. The molecule has 2 aromatic rings. The predicted octanol–water partition coefficient (Wildman–Crippen LogP) is 3.76. The third-order valence-corrected chi connectivity index (χ3v) is 2.69. The van der Waals surface area contributed by atoms with E-state index in [1.165, 1.54) is 0 Å². The normalized spacial score (nSPS) is 10.3. The third-order valence-electron chi connectivity index (χ3n) is 2.06. The SMILES string of the molecule is Cc1cc(-c2ccc(Cl)cc2)nnc1Cl. The second-order valence-corrected chi connectivity index (χ2v) is 4.00. The molecule has 0 bridgehead atoms. The lowest BCUT2D eigenvalue weighted by atomic mass is 10.1. The number of aromatic nitrogens is 2. The van der Waals surface area contributed by atoms with Crippen LogP contribution in [0.3, 0.4) is 0 Å². The summed E-state index contributed by atoms with van der Waals surface area (Å²) in [4.78, 5) is 0. The van der Waals surface area contributed by atoms with Crippen LogP contribution < -0.4 is 0 Å². The maximum Gasteiger partial charge on any atom is 0.154 e. The van der Waals surface area contributed by atoms with Crippen LogP contribution in [0.15, 0.2) is 30.3 Å². The topological polar surface area (TPSA) is 25.8 Å². The van der Waals surface area contributed by atoms with Crippen molar-refractivity contribution in [2.45, 2.75) is 6.92 Å². The Hall–Kier alpha value is -1.12. The summed E-state index contributed by atoms with van der Waals surface area (Å²) in [6.07, 6.45) is 0. The van der Waals surface area contributed by atoms with Crippen molar-refractivity contribution in [1.29, 1.82) is 0 Å². The van der Waals surface area contributed by atoms with E-state index in [9.17, 15) is 0 Å². The number of benzene rings is 1. The highest BCUT2D eigenvalue weighted by Gasteiger charge is 2.03. The van der Waals surface area contributed by atoms with Gasteiger partial charge in [0.15, 0.2) is 5.15 Å². The van der Waals surface area contributed by atoms with Gasteiger partial charge in [-0.2, -0.15) is 0 Å². The van der Waals surface area contributed by atoms with Gasteiger partial charge in [0.1, 0.15) is 0 Å². The van der Waals surface area contributed by atoms with Gasteiger partial charge in [-0.05, 0) is 30.7 Å². The Labute approximate surface area is 97.9 Å². The number of hydrogen-bond acceptors (Lipinski definition) is 2. The highest BCUT2D eigenvalue weighted by Crippen LogP contribution is 2.21. The molecule has 0 aliphatic rings. The quantitative estimate of drug-likeness (QED) is 0.757. The number of hydrogen-bond donors (Lipinski definition) is 0. The largest absolute Gasteiger partial charge is 0.154 e. The van der Waals surface area contributed by atoms with Crippen molar-refractivity contribution in [3.8, 4) is 11.3 Å². The van der Waals surface area contributed by atoms with E-state index in [1.54, 1.807) is 0 Å². The molecule has 76 valence electrons. The van der Waals surface area contributed by atoms with Crippen LogP contribution in [0.1, 0.15) is 5.56 Å². The minimum Gasteiger partial charge on any atom is -0.149 e.